The Balaban J connectivity index is 1.45. The van der Waals surface area contributed by atoms with Crippen LogP contribution in [-0.2, 0) is 10.9 Å². The second-order valence-corrected chi connectivity index (χ2v) is 9.59. The average molecular weight is 555 g/mol. The summed E-state index contributed by atoms with van der Waals surface area (Å²) in [5.74, 6) is -0.228. The van der Waals surface area contributed by atoms with Gasteiger partial charge in [0.05, 0.1) is 41.5 Å². The van der Waals surface area contributed by atoms with Crippen molar-refractivity contribution in [2.75, 3.05) is 26.2 Å². The molecule has 0 spiro atoms. The average Bonchev–Trinajstić information content (AvgIpc) is 3.39. The summed E-state index contributed by atoms with van der Waals surface area (Å²) in [6.07, 6.45) is -1.48. The van der Waals surface area contributed by atoms with Gasteiger partial charge >= 0.3 is 6.18 Å². The van der Waals surface area contributed by atoms with Crippen molar-refractivity contribution < 1.29 is 22.7 Å². The molecular formula is C29H26ClF3N4O2. The molecular weight excluding hydrogens is 529 g/mol. The Morgan fingerprint density at radius 3 is 2.31 bits per heavy atom. The van der Waals surface area contributed by atoms with Gasteiger partial charge in [-0.25, -0.2) is 0 Å². The molecule has 1 aliphatic rings. The fourth-order valence-corrected chi connectivity index (χ4v) is 4.74. The molecule has 5 rings (SSSR count). The Morgan fingerprint density at radius 1 is 1.03 bits per heavy atom. The number of carbonyl (C=O) groups is 1. The summed E-state index contributed by atoms with van der Waals surface area (Å²) in [6, 6.07) is 18.1. The van der Waals surface area contributed by atoms with Crippen LogP contribution >= 0.6 is 11.6 Å². The van der Waals surface area contributed by atoms with Crippen molar-refractivity contribution in [1.29, 1.82) is 0 Å². The number of halogens is 4. The third-order valence-corrected chi connectivity index (χ3v) is 6.82. The molecule has 2 N–H and O–H groups in total. The molecule has 4 aromatic rings. The molecule has 2 aromatic carbocycles. The molecule has 0 bridgehead atoms. The minimum Gasteiger partial charge on any atom is -0.376 e. The smallest absolute Gasteiger partial charge is 0.376 e. The van der Waals surface area contributed by atoms with Crippen LogP contribution in [0.15, 0.2) is 79.1 Å². The summed E-state index contributed by atoms with van der Waals surface area (Å²) in [5.41, 5.74) is 1.94. The van der Waals surface area contributed by atoms with E-state index in [1.807, 2.05) is 0 Å². The van der Waals surface area contributed by atoms with Crippen LogP contribution in [0.4, 0.5) is 13.2 Å². The van der Waals surface area contributed by atoms with Crippen molar-refractivity contribution in [1.82, 2.24) is 20.2 Å². The van der Waals surface area contributed by atoms with Crippen molar-refractivity contribution in [2.24, 2.45) is 0 Å². The van der Waals surface area contributed by atoms with E-state index < -0.39 is 11.7 Å². The monoisotopic (exact) mass is 554 g/mol. The highest BCUT2D eigenvalue weighted by Crippen LogP contribution is 2.39. The number of nitrogens with one attached hydrogen (secondary N) is 2. The number of carbonyl (C=O) groups excluding carboxylic acids is 1. The van der Waals surface area contributed by atoms with Gasteiger partial charge in [0.15, 0.2) is 0 Å². The van der Waals surface area contributed by atoms with Gasteiger partial charge in [0.1, 0.15) is 0 Å². The number of hydrogen-bond acceptors (Lipinski definition) is 4. The zero-order valence-electron chi connectivity index (χ0n) is 20.8. The fourth-order valence-electron chi connectivity index (χ4n) is 4.62. The SMILES string of the molecule is O=C(NCCC1CNCCO1)c1ccc(-c2ccc(-c3ccc(Cl)cc3)n2-c2cnccc2C(F)(F)F)cc1. The van der Waals surface area contributed by atoms with E-state index >= 15 is 0 Å². The first kappa shape index (κ1) is 26.9. The number of hydrogen-bond donors (Lipinski definition) is 2. The lowest BCUT2D eigenvalue weighted by Gasteiger charge is -2.23. The molecule has 10 heteroatoms. The number of alkyl halides is 3. The van der Waals surface area contributed by atoms with Gasteiger partial charge in [0.25, 0.3) is 5.91 Å². The Labute approximate surface area is 228 Å². The third kappa shape index (κ3) is 6.16. The number of benzene rings is 2. The molecule has 0 aliphatic carbocycles. The third-order valence-electron chi connectivity index (χ3n) is 6.57. The minimum atomic E-state index is -4.59. The summed E-state index contributed by atoms with van der Waals surface area (Å²) in [4.78, 5) is 16.7. The lowest BCUT2D eigenvalue weighted by Crippen LogP contribution is -2.40. The summed E-state index contributed by atoms with van der Waals surface area (Å²) < 4.78 is 49.2. The number of ether oxygens (including phenoxy) is 1. The normalized spacial score (nSPS) is 15.7. The van der Waals surface area contributed by atoms with Gasteiger partial charge in [-0.15, -0.1) is 0 Å². The Hall–Kier alpha value is -3.66. The molecule has 0 radical (unpaired) electrons. The zero-order chi connectivity index (χ0) is 27.4. The highest BCUT2D eigenvalue weighted by atomic mass is 35.5. The first-order chi connectivity index (χ1) is 18.8. The lowest BCUT2D eigenvalue weighted by molar-refractivity contribution is -0.137. The van der Waals surface area contributed by atoms with E-state index in [9.17, 15) is 18.0 Å². The number of pyridine rings is 1. The van der Waals surface area contributed by atoms with Crippen LogP contribution in [0.5, 0.6) is 0 Å². The molecule has 39 heavy (non-hydrogen) atoms. The maximum Gasteiger partial charge on any atom is 0.418 e. The zero-order valence-corrected chi connectivity index (χ0v) is 21.6. The van der Waals surface area contributed by atoms with Gasteiger partial charge in [-0.2, -0.15) is 13.2 Å². The second-order valence-electron chi connectivity index (χ2n) is 9.16. The molecule has 0 saturated carbocycles. The van der Waals surface area contributed by atoms with Crippen LogP contribution in [0, 0.1) is 0 Å². The standard InChI is InChI=1S/C29H26ClF3N4O2/c30-22-7-5-20(6-8-22)26-10-9-25(37(26)27-18-34-13-12-24(27)29(31,32)33)19-1-3-21(4-2-19)28(38)36-14-11-23-17-35-15-16-39-23/h1-10,12-13,18,23,35H,11,14-17H2,(H,36,38). The van der Waals surface area contributed by atoms with E-state index in [0.29, 0.717) is 52.7 Å². The van der Waals surface area contributed by atoms with Crippen LogP contribution in [0.25, 0.3) is 28.2 Å². The van der Waals surface area contributed by atoms with Crippen molar-refractivity contribution in [3.63, 3.8) is 0 Å². The molecule has 202 valence electrons. The Bertz CT molecular complexity index is 1430. The van der Waals surface area contributed by atoms with E-state index in [0.717, 1.165) is 25.4 Å². The van der Waals surface area contributed by atoms with Crippen LogP contribution < -0.4 is 10.6 Å². The van der Waals surface area contributed by atoms with Gasteiger partial charge in [-0.3, -0.25) is 9.78 Å². The van der Waals surface area contributed by atoms with Crippen LogP contribution in [0.3, 0.4) is 0 Å². The predicted molar refractivity (Wildman–Crippen MR) is 144 cm³/mol. The molecule has 1 amide bonds. The molecule has 1 atom stereocenters. The van der Waals surface area contributed by atoms with Crippen molar-refractivity contribution in [3.8, 4) is 28.2 Å². The van der Waals surface area contributed by atoms with Gasteiger partial charge < -0.3 is 19.9 Å². The first-order valence-corrected chi connectivity index (χ1v) is 12.9. The highest BCUT2D eigenvalue weighted by Gasteiger charge is 2.35. The number of aromatic nitrogens is 2. The number of amides is 1. The van der Waals surface area contributed by atoms with Crippen LogP contribution in [0.2, 0.25) is 5.02 Å². The molecule has 1 fully saturated rings. The van der Waals surface area contributed by atoms with Crippen molar-refractivity contribution in [3.05, 3.63) is 95.3 Å². The molecule has 3 heterocycles. The van der Waals surface area contributed by atoms with Crippen molar-refractivity contribution in [2.45, 2.75) is 18.7 Å². The minimum absolute atomic E-state index is 0.0677. The Morgan fingerprint density at radius 2 is 1.69 bits per heavy atom. The molecule has 6 nitrogen and oxygen atoms in total. The maximum absolute atomic E-state index is 14.0. The summed E-state index contributed by atoms with van der Waals surface area (Å²) in [6.45, 7) is 2.72. The molecule has 1 aliphatic heterocycles. The second kappa shape index (κ2) is 11.6. The summed E-state index contributed by atoms with van der Waals surface area (Å²) in [5, 5.41) is 6.68. The molecule has 2 aromatic heterocycles. The number of nitrogens with zero attached hydrogens (tertiary/aromatic N) is 2. The van der Waals surface area contributed by atoms with E-state index in [1.54, 1.807) is 60.7 Å². The topological polar surface area (TPSA) is 68.2 Å². The quantitative estimate of drug-likeness (QED) is 0.295. The fraction of sp³-hybridized carbons (Fsp3) is 0.241. The van der Waals surface area contributed by atoms with E-state index in [4.69, 9.17) is 16.3 Å². The lowest BCUT2D eigenvalue weighted by atomic mass is 10.1. The maximum atomic E-state index is 14.0. The van der Waals surface area contributed by atoms with Gasteiger partial charge in [-0.05, 0) is 60.0 Å². The van der Waals surface area contributed by atoms with Crippen LogP contribution in [-0.4, -0.2) is 47.8 Å². The summed E-state index contributed by atoms with van der Waals surface area (Å²) in [7, 11) is 0. The predicted octanol–water partition coefficient (Wildman–Crippen LogP) is 5.99. The van der Waals surface area contributed by atoms with Crippen molar-refractivity contribution >= 4 is 17.5 Å². The largest absolute Gasteiger partial charge is 0.418 e. The molecule has 1 saturated heterocycles. The van der Waals surface area contributed by atoms with E-state index in [-0.39, 0.29) is 17.7 Å². The molecule has 1 unspecified atom stereocenters. The first-order valence-electron chi connectivity index (χ1n) is 12.5. The number of morpholine rings is 1. The van der Waals surface area contributed by atoms with Gasteiger partial charge in [0, 0.05) is 36.4 Å². The van der Waals surface area contributed by atoms with Gasteiger partial charge in [-0.1, -0.05) is 35.9 Å². The Kier molecular flexibility index (Phi) is 8.02. The number of rotatable bonds is 7. The van der Waals surface area contributed by atoms with Crippen LogP contribution in [0.1, 0.15) is 22.3 Å². The van der Waals surface area contributed by atoms with E-state index in [1.165, 1.54) is 10.8 Å². The highest BCUT2D eigenvalue weighted by molar-refractivity contribution is 6.30. The van der Waals surface area contributed by atoms with E-state index in [2.05, 4.69) is 15.6 Å². The van der Waals surface area contributed by atoms with Gasteiger partial charge in [0.2, 0.25) is 0 Å². The summed E-state index contributed by atoms with van der Waals surface area (Å²) >= 11 is 6.05.